The van der Waals surface area contributed by atoms with Crippen LogP contribution in [0.15, 0.2) is 65.8 Å². The van der Waals surface area contributed by atoms with E-state index in [0.29, 0.717) is 22.7 Å². The fraction of sp³-hybridized carbons (Fsp3) is 0.167. The fourth-order valence-corrected chi connectivity index (χ4v) is 3.84. The first kappa shape index (κ1) is 24.0. The van der Waals surface area contributed by atoms with Crippen LogP contribution in [0.2, 0.25) is 0 Å². The van der Waals surface area contributed by atoms with Crippen molar-refractivity contribution in [2.75, 3.05) is 24.5 Å². The Morgan fingerprint density at radius 1 is 1.03 bits per heavy atom. The number of carbonyl (C=O) groups is 3. The van der Waals surface area contributed by atoms with Gasteiger partial charge in [0.2, 0.25) is 12.7 Å². The molecule has 0 saturated carbocycles. The number of halogens is 1. The first-order chi connectivity index (χ1) is 17.0. The number of anilines is 1. The quantitative estimate of drug-likeness (QED) is 0.342. The Morgan fingerprint density at radius 3 is 2.71 bits per heavy atom. The smallest absolute Gasteiger partial charge is 0.341 e. The molecule has 3 aromatic rings. The predicted molar refractivity (Wildman–Crippen MR) is 125 cm³/mol. The van der Waals surface area contributed by atoms with Crippen molar-refractivity contribution in [3.63, 3.8) is 0 Å². The van der Waals surface area contributed by atoms with E-state index in [-0.39, 0.29) is 35.6 Å². The second-order valence-electron chi connectivity index (χ2n) is 7.21. The van der Waals surface area contributed by atoms with Gasteiger partial charge in [-0.05, 0) is 30.3 Å². The number of fused-ring (bicyclic) bond motifs is 1. The fourth-order valence-electron chi connectivity index (χ4n) is 3.06. The Hall–Kier alpha value is -4.12. The summed E-state index contributed by atoms with van der Waals surface area (Å²) in [6.07, 6.45) is 1.48. The van der Waals surface area contributed by atoms with Crippen LogP contribution in [-0.2, 0) is 20.9 Å². The van der Waals surface area contributed by atoms with Gasteiger partial charge in [-0.1, -0.05) is 30.0 Å². The summed E-state index contributed by atoms with van der Waals surface area (Å²) < 4.78 is 29.2. The topological polar surface area (TPSA) is 116 Å². The molecule has 9 nitrogen and oxygen atoms in total. The van der Waals surface area contributed by atoms with Crippen molar-refractivity contribution in [2.24, 2.45) is 0 Å². The van der Waals surface area contributed by atoms with E-state index >= 15 is 0 Å². The Morgan fingerprint density at radius 2 is 1.86 bits per heavy atom. The van der Waals surface area contributed by atoms with Crippen molar-refractivity contribution in [1.82, 2.24) is 10.3 Å². The third-order valence-corrected chi connectivity index (χ3v) is 5.76. The summed E-state index contributed by atoms with van der Waals surface area (Å²) in [6, 6.07) is 14.1. The van der Waals surface area contributed by atoms with Crippen LogP contribution in [0.1, 0.15) is 15.9 Å². The van der Waals surface area contributed by atoms with Crippen LogP contribution in [0.25, 0.3) is 0 Å². The summed E-state index contributed by atoms with van der Waals surface area (Å²) in [7, 11) is 0. The van der Waals surface area contributed by atoms with Gasteiger partial charge in [0.1, 0.15) is 10.8 Å². The lowest BCUT2D eigenvalue weighted by Crippen LogP contribution is -2.28. The molecule has 0 bridgehead atoms. The molecule has 0 unspecified atom stereocenters. The molecule has 0 aliphatic carbocycles. The predicted octanol–water partition coefficient (Wildman–Crippen LogP) is 3.15. The van der Waals surface area contributed by atoms with Crippen molar-refractivity contribution in [3.8, 4) is 11.5 Å². The molecule has 1 aliphatic rings. The molecule has 11 heteroatoms. The largest absolute Gasteiger partial charge is 0.454 e. The maximum atomic E-state index is 13.6. The molecule has 2 amide bonds. The van der Waals surface area contributed by atoms with Crippen LogP contribution in [-0.4, -0.2) is 41.9 Å². The summed E-state index contributed by atoms with van der Waals surface area (Å²) in [4.78, 5) is 41.0. The Bertz CT molecular complexity index is 1260. The highest BCUT2D eigenvalue weighted by Crippen LogP contribution is 2.34. The maximum Gasteiger partial charge on any atom is 0.341 e. The van der Waals surface area contributed by atoms with Crippen molar-refractivity contribution in [1.29, 1.82) is 0 Å². The van der Waals surface area contributed by atoms with E-state index in [9.17, 15) is 18.8 Å². The molecule has 0 spiro atoms. The number of thioether (sulfide) groups is 1. The van der Waals surface area contributed by atoms with Crippen LogP contribution in [0.4, 0.5) is 10.1 Å². The zero-order valence-corrected chi connectivity index (χ0v) is 19.1. The van der Waals surface area contributed by atoms with E-state index in [0.717, 1.165) is 11.8 Å². The summed E-state index contributed by atoms with van der Waals surface area (Å²) in [5, 5.41) is 5.52. The van der Waals surface area contributed by atoms with Crippen LogP contribution < -0.4 is 20.1 Å². The molecule has 0 fully saturated rings. The van der Waals surface area contributed by atoms with Crippen molar-refractivity contribution in [2.45, 2.75) is 11.6 Å². The molecular weight excluding hydrogens is 477 g/mol. The molecule has 0 saturated heterocycles. The number of benzene rings is 2. The van der Waals surface area contributed by atoms with Gasteiger partial charge in [0, 0.05) is 30.1 Å². The normalized spacial score (nSPS) is 11.6. The first-order valence-electron chi connectivity index (χ1n) is 10.4. The Balaban J connectivity index is 1.27. The minimum atomic E-state index is -0.766. The number of ether oxygens (including phenoxy) is 3. The highest BCUT2D eigenvalue weighted by molar-refractivity contribution is 8.00. The number of nitrogens with one attached hydrogen (secondary N) is 2. The van der Waals surface area contributed by atoms with E-state index in [2.05, 4.69) is 15.6 Å². The second kappa shape index (κ2) is 11.3. The monoisotopic (exact) mass is 497 g/mol. The highest BCUT2D eigenvalue weighted by atomic mass is 32.2. The zero-order valence-electron chi connectivity index (χ0n) is 18.3. The summed E-state index contributed by atoms with van der Waals surface area (Å²) in [6.45, 7) is -0.444. The molecule has 1 aromatic heterocycles. The third-order valence-electron chi connectivity index (χ3n) is 4.76. The molecule has 0 radical (unpaired) electrons. The molecular formula is C24H20FN3O6S. The standard InChI is InChI=1S/C24H20FN3O6S/c25-18-6-2-1-4-15(18)11-27-21(29)12-32-24(31)17-5-3-9-26-23(17)35-13-22(30)28-16-7-8-19-20(10-16)34-14-33-19/h1-10H,11-14H2,(H,27,29)(H,28,30). The molecule has 1 aliphatic heterocycles. The van der Waals surface area contributed by atoms with Gasteiger partial charge in [-0.3, -0.25) is 9.59 Å². The number of aromatic nitrogens is 1. The molecule has 0 atom stereocenters. The Kier molecular flexibility index (Phi) is 7.78. The van der Waals surface area contributed by atoms with Gasteiger partial charge >= 0.3 is 5.97 Å². The Labute approximate surface area is 204 Å². The van der Waals surface area contributed by atoms with Crippen LogP contribution >= 0.6 is 11.8 Å². The van der Waals surface area contributed by atoms with E-state index in [4.69, 9.17) is 14.2 Å². The van der Waals surface area contributed by atoms with Crippen molar-refractivity contribution < 1.29 is 33.0 Å². The number of rotatable bonds is 9. The van der Waals surface area contributed by atoms with Gasteiger partial charge in [0.15, 0.2) is 18.1 Å². The average molecular weight is 498 g/mol. The van der Waals surface area contributed by atoms with Crippen LogP contribution in [0.3, 0.4) is 0 Å². The lowest BCUT2D eigenvalue weighted by atomic mass is 10.2. The maximum absolute atomic E-state index is 13.6. The highest BCUT2D eigenvalue weighted by Gasteiger charge is 2.18. The van der Waals surface area contributed by atoms with E-state index in [1.54, 1.807) is 42.5 Å². The SMILES string of the molecule is O=C(COC(=O)c1cccnc1SCC(=O)Nc1ccc2c(c1)OCO2)NCc1ccccc1F. The van der Waals surface area contributed by atoms with Gasteiger partial charge < -0.3 is 24.8 Å². The summed E-state index contributed by atoms with van der Waals surface area (Å²) in [5.74, 6) is -0.969. The molecule has 35 heavy (non-hydrogen) atoms. The van der Waals surface area contributed by atoms with Crippen molar-refractivity contribution in [3.05, 3.63) is 77.7 Å². The minimum absolute atomic E-state index is 0.0190. The number of esters is 1. The third kappa shape index (κ3) is 6.48. The molecule has 180 valence electrons. The minimum Gasteiger partial charge on any atom is -0.454 e. The van der Waals surface area contributed by atoms with Gasteiger partial charge in [0.25, 0.3) is 5.91 Å². The molecule has 2 heterocycles. The lowest BCUT2D eigenvalue weighted by Gasteiger charge is -2.10. The van der Waals surface area contributed by atoms with Crippen LogP contribution in [0.5, 0.6) is 11.5 Å². The number of hydrogen-bond donors (Lipinski definition) is 2. The van der Waals surface area contributed by atoms with E-state index in [1.807, 2.05) is 0 Å². The van der Waals surface area contributed by atoms with Crippen LogP contribution in [0, 0.1) is 5.82 Å². The second-order valence-corrected chi connectivity index (χ2v) is 8.17. The summed E-state index contributed by atoms with van der Waals surface area (Å²) >= 11 is 1.05. The van der Waals surface area contributed by atoms with Gasteiger partial charge in [-0.25, -0.2) is 14.2 Å². The number of hydrogen-bond acceptors (Lipinski definition) is 8. The molecule has 2 N–H and O–H groups in total. The van der Waals surface area contributed by atoms with Gasteiger partial charge in [-0.2, -0.15) is 0 Å². The number of carbonyl (C=O) groups excluding carboxylic acids is 3. The van der Waals surface area contributed by atoms with Gasteiger partial charge in [-0.15, -0.1) is 0 Å². The number of amides is 2. The number of nitrogens with zero attached hydrogens (tertiary/aromatic N) is 1. The van der Waals surface area contributed by atoms with E-state index < -0.39 is 24.3 Å². The van der Waals surface area contributed by atoms with E-state index in [1.165, 1.54) is 18.3 Å². The van der Waals surface area contributed by atoms with Crippen molar-refractivity contribution >= 4 is 35.2 Å². The number of pyridine rings is 1. The lowest BCUT2D eigenvalue weighted by molar-refractivity contribution is -0.124. The summed E-state index contributed by atoms with van der Waals surface area (Å²) in [5.41, 5.74) is 0.981. The van der Waals surface area contributed by atoms with Gasteiger partial charge in [0.05, 0.1) is 11.3 Å². The zero-order chi connectivity index (χ0) is 24.6. The molecule has 4 rings (SSSR count). The first-order valence-corrected chi connectivity index (χ1v) is 11.4. The average Bonchev–Trinajstić information content (AvgIpc) is 3.34. The molecule has 2 aromatic carbocycles.